The average molecular weight is 416 g/mol. The number of aliphatic imine (C=N–C) groups is 1. The Kier molecular flexibility index (Phi) is 5.61. The number of carbonyl (C=O) groups is 1. The Balaban J connectivity index is 1.99. The van der Waals surface area contributed by atoms with Crippen LogP contribution in [0.1, 0.15) is 31.9 Å². The van der Waals surface area contributed by atoms with Crippen LogP contribution in [0.2, 0.25) is 0 Å². The van der Waals surface area contributed by atoms with E-state index >= 15 is 0 Å². The lowest BCUT2D eigenvalue weighted by Crippen LogP contribution is -2.56. The number of carbonyl (C=O) groups excluding carboxylic acids is 1. The number of halogens is 3. The SMILES string of the molecule is C=C1N=C(Nc2cccc(C(F)(F)F)c2)N(Cc2ccccc2)C(=O)N1C(C)(C)C. The summed E-state index contributed by atoms with van der Waals surface area (Å²) in [7, 11) is 0. The molecule has 0 radical (unpaired) electrons. The lowest BCUT2D eigenvalue weighted by atomic mass is 10.1. The zero-order valence-corrected chi connectivity index (χ0v) is 17.0. The molecule has 0 atom stereocenters. The molecule has 0 aromatic heterocycles. The molecule has 0 spiro atoms. The standard InChI is InChI=1S/C22H23F3N4O/c1-15-26-19(27-18-12-8-11-17(13-18)22(23,24)25)28(14-16-9-6-5-7-10-16)20(30)29(15)21(2,3)4/h5-13H,1,14H2,2-4H3,(H,26,27). The average Bonchev–Trinajstić information content (AvgIpc) is 2.64. The monoisotopic (exact) mass is 416 g/mol. The number of anilines is 1. The fraction of sp³-hybridized carbons (Fsp3) is 0.273. The topological polar surface area (TPSA) is 47.9 Å². The van der Waals surface area contributed by atoms with E-state index in [1.54, 1.807) is 0 Å². The van der Waals surface area contributed by atoms with E-state index in [-0.39, 0.29) is 30.0 Å². The summed E-state index contributed by atoms with van der Waals surface area (Å²) in [6, 6.07) is 13.7. The van der Waals surface area contributed by atoms with Gasteiger partial charge in [-0.05, 0) is 44.5 Å². The fourth-order valence-corrected chi connectivity index (χ4v) is 3.13. The highest BCUT2D eigenvalue weighted by Crippen LogP contribution is 2.32. The van der Waals surface area contributed by atoms with Gasteiger partial charge in [0.25, 0.3) is 0 Å². The summed E-state index contributed by atoms with van der Waals surface area (Å²) in [5, 5.41) is 2.86. The number of hydrogen-bond acceptors (Lipinski definition) is 3. The maximum Gasteiger partial charge on any atom is 0.416 e. The van der Waals surface area contributed by atoms with Crippen LogP contribution in [-0.4, -0.2) is 27.3 Å². The normalized spacial score (nSPS) is 15.3. The molecule has 2 aromatic carbocycles. The third kappa shape index (κ3) is 4.64. The van der Waals surface area contributed by atoms with Gasteiger partial charge in [-0.1, -0.05) is 43.0 Å². The van der Waals surface area contributed by atoms with Crippen molar-refractivity contribution < 1.29 is 18.0 Å². The summed E-state index contributed by atoms with van der Waals surface area (Å²) in [6.45, 7) is 9.65. The summed E-state index contributed by atoms with van der Waals surface area (Å²) < 4.78 is 39.2. The van der Waals surface area contributed by atoms with E-state index in [0.717, 1.165) is 17.7 Å². The number of guanidine groups is 1. The summed E-state index contributed by atoms with van der Waals surface area (Å²) >= 11 is 0. The molecule has 0 fully saturated rings. The van der Waals surface area contributed by atoms with Gasteiger partial charge in [-0.3, -0.25) is 9.80 Å². The second kappa shape index (κ2) is 7.85. The van der Waals surface area contributed by atoms with Crippen LogP contribution in [0.15, 0.2) is 72.0 Å². The van der Waals surface area contributed by atoms with E-state index in [2.05, 4.69) is 16.9 Å². The van der Waals surface area contributed by atoms with Crippen LogP contribution in [0.5, 0.6) is 0 Å². The van der Waals surface area contributed by atoms with Crippen LogP contribution < -0.4 is 5.32 Å². The van der Waals surface area contributed by atoms with E-state index in [1.165, 1.54) is 21.9 Å². The summed E-state index contributed by atoms with van der Waals surface area (Å²) in [5.41, 5.74) is -0.342. The first-order chi connectivity index (χ1) is 14.0. The highest BCUT2D eigenvalue weighted by molar-refractivity contribution is 6.06. The molecular formula is C22H23F3N4O. The fourth-order valence-electron chi connectivity index (χ4n) is 3.13. The molecule has 8 heteroatoms. The largest absolute Gasteiger partial charge is 0.416 e. The van der Waals surface area contributed by atoms with Gasteiger partial charge in [-0.2, -0.15) is 18.2 Å². The molecule has 2 amide bonds. The van der Waals surface area contributed by atoms with Crippen LogP contribution in [-0.2, 0) is 12.7 Å². The first-order valence-electron chi connectivity index (χ1n) is 9.34. The van der Waals surface area contributed by atoms with Crippen molar-refractivity contribution in [2.24, 2.45) is 4.99 Å². The van der Waals surface area contributed by atoms with Crippen LogP contribution in [0.4, 0.5) is 23.7 Å². The van der Waals surface area contributed by atoms with Crippen molar-refractivity contribution in [1.82, 2.24) is 9.80 Å². The minimum absolute atomic E-state index is 0.119. The second-order valence-electron chi connectivity index (χ2n) is 7.92. The Morgan fingerprint density at radius 2 is 1.70 bits per heavy atom. The number of rotatable bonds is 3. The van der Waals surface area contributed by atoms with Crippen molar-refractivity contribution in [1.29, 1.82) is 0 Å². The Bertz CT molecular complexity index is 978. The van der Waals surface area contributed by atoms with Crippen LogP contribution in [0, 0.1) is 0 Å². The molecule has 5 nitrogen and oxygen atoms in total. The number of benzene rings is 2. The smallest absolute Gasteiger partial charge is 0.325 e. The molecule has 0 aliphatic carbocycles. The zero-order valence-electron chi connectivity index (χ0n) is 17.0. The van der Waals surface area contributed by atoms with Crippen molar-refractivity contribution in [3.05, 3.63) is 78.1 Å². The Labute approximate surface area is 173 Å². The van der Waals surface area contributed by atoms with E-state index in [0.29, 0.717) is 0 Å². The molecule has 30 heavy (non-hydrogen) atoms. The molecule has 1 heterocycles. The predicted octanol–water partition coefficient (Wildman–Crippen LogP) is 5.68. The van der Waals surface area contributed by atoms with Crippen molar-refractivity contribution in [3.8, 4) is 0 Å². The highest BCUT2D eigenvalue weighted by Gasteiger charge is 2.38. The van der Waals surface area contributed by atoms with Gasteiger partial charge < -0.3 is 5.32 Å². The van der Waals surface area contributed by atoms with Crippen LogP contribution in [0.25, 0.3) is 0 Å². The molecular weight excluding hydrogens is 393 g/mol. The number of hydrogen-bond donors (Lipinski definition) is 1. The van der Waals surface area contributed by atoms with E-state index < -0.39 is 17.3 Å². The number of amides is 2. The molecule has 1 aliphatic heterocycles. The number of nitrogens with one attached hydrogen (secondary N) is 1. The van der Waals surface area contributed by atoms with E-state index in [9.17, 15) is 18.0 Å². The predicted molar refractivity (Wildman–Crippen MR) is 111 cm³/mol. The molecule has 2 aromatic rings. The molecule has 158 valence electrons. The maximum atomic E-state index is 13.3. The van der Waals surface area contributed by atoms with Crippen molar-refractivity contribution in [3.63, 3.8) is 0 Å². The van der Waals surface area contributed by atoms with Gasteiger partial charge in [0, 0.05) is 11.2 Å². The maximum absolute atomic E-state index is 13.3. The van der Waals surface area contributed by atoms with Crippen LogP contribution >= 0.6 is 0 Å². The van der Waals surface area contributed by atoms with Gasteiger partial charge >= 0.3 is 12.2 Å². The van der Waals surface area contributed by atoms with Crippen molar-refractivity contribution in [2.45, 2.75) is 39.0 Å². The van der Waals surface area contributed by atoms with E-state index in [1.807, 2.05) is 51.1 Å². The van der Waals surface area contributed by atoms with Gasteiger partial charge in [0.2, 0.25) is 5.96 Å². The Hall–Kier alpha value is -3.29. The van der Waals surface area contributed by atoms with Crippen molar-refractivity contribution >= 4 is 17.7 Å². The van der Waals surface area contributed by atoms with Crippen LogP contribution in [0.3, 0.4) is 0 Å². The van der Waals surface area contributed by atoms with E-state index in [4.69, 9.17) is 0 Å². The highest BCUT2D eigenvalue weighted by atomic mass is 19.4. The lowest BCUT2D eigenvalue weighted by Gasteiger charge is -2.42. The molecule has 0 saturated carbocycles. The summed E-state index contributed by atoms with van der Waals surface area (Å²) in [4.78, 5) is 20.6. The van der Waals surface area contributed by atoms with Gasteiger partial charge in [0.05, 0.1) is 12.1 Å². The van der Waals surface area contributed by atoms with Gasteiger partial charge in [-0.25, -0.2) is 4.79 Å². The molecule has 1 N–H and O–H groups in total. The number of urea groups is 1. The minimum Gasteiger partial charge on any atom is -0.325 e. The van der Waals surface area contributed by atoms with Crippen molar-refractivity contribution in [2.75, 3.05) is 5.32 Å². The summed E-state index contributed by atoms with van der Waals surface area (Å²) in [5.74, 6) is 0.333. The van der Waals surface area contributed by atoms with Gasteiger partial charge in [0.1, 0.15) is 5.82 Å². The number of nitrogens with zero attached hydrogens (tertiary/aromatic N) is 3. The first-order valence-corrected chi connectivity index (χ1v) is 9.34. The Morgan fingerprint density at radius 1 is 1.03 bits per heavy atom. The minimum atomic E-state index is -4.47. The summed E-state index contributed by atoms with van der Waals surface area (Å²) in [6.07, 6.45) is -4.47. The molecule has 0 saturated heterocycles. The Morgan fingerprint density at radius 3 is 2.30 bits per heavy atom. The first kappa shape index (κ1) is 21.4. The lowest BCUT2D eigenvalue weighted by molar-refractivity contribution is -0.137. The van der Waals surface area contributed by atoms with Gasteiger partial charge in [0.15, 0.2) is 0 Å². The zero-order chi connectivity index (χ0) is 22.1. The third-order valence-electron chi connectivity index (χ3n) is 4.47. The molecule has 0 bridgehead atoms. The molecule has 3 rings (SSSR count). The quantitative estimate of drug-likeness (QED) is 0.700. The number of alkyl halides is 3. The molecule has 0 unspecified atom stereocenters. The molecule has 1 aliphatic rings. The second-order valence-corrected chi connectivity index (χ2v) is 7.92. The van der Waals surface area contributed by atoms with Gasteiger partial charge in [-0.15, -0.1) is 0 Å². The third-order valence-corrected chi connectivity index (χ3v) is 4.47.